The zero-order valence-corrected chi connectivity index (χ0v) is 11.8. The molecule has 1 saturated carbocycles. The molecule has 1 saturated heterocycles. The van der Waals surface area contributed by atoms with Gasteiger partial charge in [0.05, 0.1) is 6.20 Å². The molecule has 0 amide bonds. The molecular formula is C13H17Cl2N3. The Morgan fingerprint density at radius 3 is 2.67 bits per heavy atom. The third kappa shape index (κ3) is 2.30. The van der Waals surface area contributed by atoms with E-state index in [-0.39, 0.29) is 5.28 Å². The lowest BCUT2D eigenvalue weighted by atomic mass is 9.96. The van der Waals surface area contributed by atoms with Crippen LogP contribution in [0.25, 0.3) is 0 Å². The molecule has 5 heteroatoms. The quantitative estimate of drug-likeness (QED) is 0.771. The summed E-state index contributed by atoms with van der Waals surface area (Å²) in [6, 6.07) is 0.593. The van der Waals surface area contributed by atoms with Crippen LogP contribution in [0.2, 0.25) is 10.3 Å². The monoisotopic (exact) mass is 285 g/mol. The summed E-state index contributed by atoms with van der Waals surface area (Å²) in [6.07, 6.45) is 9.51. The van der Waals surface area contributed by atoms with Gasteiger partial charge >= 0.3 is 0 Å². The zero-order valence-electron chi connectivity index (χ0n) is 10.3. The van der Waals surface area contributed by atoms with E-state index in [4.69, 9.17) is 23.2 Å². The molecule has 0 spiro atoms. The molecular weight excluding hydrogens is 269 g/mol. The highest BCUT2D eigenvalue weighted by Crippen LogP contribution is 2.39. The van der Waals surface area contributed by atoms with Gasteiger partial charge in [-0.25, -0.2) is 4.98 Å². The minimum atomic E-state index is 0.284. The first-order chi connectivity index (χ1) is 8.75. The van der Waals surface area contributed by atoms with Crippen molar-refractivity contribution >= 4 is 29.0 Å². The summed E-state index contributed by atoms with van der Waals surface area (Å²) >= 11 is 12.1. The fourth-order valence-electron chi connectivity index (χ4n) is 3.43. The first-order valence-electron chi connectivity index (χ1n) is 6.70. The Bertz CT molecular complexity index is 432. The second-order valence-corrected chi connectivity index (χ2v) is 6.00. The standard InChI is InChI=1S/C13H17Cl2N3/c14-10-8-16-13(15)17-12(10)18-7-3-6-11(18)9-4-1-2-5-9/h8-9,11H,1-7H2. The Labute approximate surface area is 118 Å². The van der Waals surface area contributed by atoms with Gasteiger partial charge in [0.1, 0.15) is 5.02 Å². The van der Waals surface area contributed by atoms with Crippen LogP contribution < -0.4 is 4.90 Å². The van der Waals surface area contributed by atoms with Gasteiger partial charge in [-0.15, -0.1) is 0 Å². The topological polar surface area (TPSA) is 29.0 Å². The summed E-state index contributed by atoms with van der Waals surface area (Å²) in [4.78, 5) is 10.6. The summed E-state index contributed by atoms with van der Waals surface area (Å²) in [6.45, 7) is 1.04. The van der Waals surface area contributed by atoms with Crippen molar-refractivity contribution < 1.29 is 0 Å². The molecule has 2 heterocycles. The van der Waals surface area contributed by atoms with E-state index in [1.807, 2.05) is 0 Å². The molecule has 3 rings (SSSR count). The maximum Gasteiger partial charge on any atom is 0.224 e. The minimum absolute atomic E-state index is 0.284. The number of nitrogens with zero attached hydrogens (tertiary/aromatic N) is 3. The third-order valence-corrected chi connectivity index (χ3v) is 4.66. The molecule has 1 aromatic rings. The Balaban J connectivity index is 1.87. The Kier molecular flexibility index (Phi) is 3.62. The number of hydrogen-bond acceptors (Lipinski definition) is 3. The van der Waals surface area contributed by atoms with Gasteiger partial charge in [-0.2, -0.15) is 4.98 Å². The van der Waals surface area contributed by atoms with Gasteiger partial charge in [0.25, 0.3) is 0 Å². The van der Waals surface area contributed by atoms with Crippen molar-refractivity contribution in [3.8, 4) is 0 Å². The summed E-state index contributed by atoms with van der Waals surface area (Å²) in [5, 5.41) is 0.899. The Hall–Kier alpha value is -0.540. The van der Waals surface area contributed by atoms with Gasteiger partial charge in [0, 0.05) is 12.6 Å². The van der Waals surface area contributed by atoms with Gasteiger partial charge in [-0.05, 0) is 43.2 Å². The van der Waals surface area contributed by atoms with Crippen LogP contribution in [-0.4, -0.2) is 22.6 Å². The molecule has 1 aromatic heterocycles. The molecule has 0 aromatic carbocycles. The SMILES string of the molecule is Clc1ncc(Cl)c(N2CCCC2C2CCCC2)n1. The summed E-state index contributed by atoms with van der Waals surface area (Å²) < 4.78 is 0. The highest BCUT2D eigenvalue weighted by molar-refractivity contribution is 6.33. The lowest BCUT2D eigenvalue weighted by molar-refractivity contribution is 0.429. The number of rotatable bonds is 2. The predicted octanol–water partition coefficient (Wildman–Crippen LogP) is 3.94. The van der Waals surface area contributed by atoms with Gasteiger partial charge in [-0.1, -0.05) is 24.4 Å². The molecule has 0 bridgehead atoms. The molecule has 2 fully saturated rings. The fourth-order valence-corrected chi connectivity index (χ4v) is 3.75. The molecule has 0 N–H and O–H groups in total. The van der Waals surface area contributed by atoms with Crippen molar-refractivity contribution in [2.75, 3.05) is 11.4 Å². The minimum Gasteiger partial charge on any atom is -0.352 e. The molecule has 1 unspecified atom stereocenters. The van der Waals surface area contributed by atoms with Crippen molar-refractivity contribution in [3.05, 3.63) is 16.5 Å². The second-order valence-electron chi connectivity index (χ2n) is 5.26. The summed E-state index contributed by atoms with van der Waals surface area (Å²) in [5.41, 5.74) is 0. The van der Waals surface area contributed by atoms with E-state index in [1.165, 1.54) is 38.5 Å². The number of anilines is 1. The normalized spacial score (nSPS) is 25.0. The first-order valence-corrected chi connectivity index (χ1v) is 7.46. The van der Waals surface area contributed by atoms with Crippen LogP contribution in [0.3, 0.4) is 0 Å². The maximum absolute atomic E-state index is 6.22. The van der Waals surface area contributed by atoms with Gasteiger partial charge < -0.3 is 4.90 Å². The molecule has 2 aliphatic rings. The third-order valence-electron chi connectivity index (χ3n) is 4.21. The van der Waals surface area contributed by atoms with Crippen molar-refractivity contribution in [2.24, 2.45) is 5.92 Å². The smallest absolute Gasteiger partial charge is 0.224 e. The van der Waals surface area contributed by atoms with E-state index in [9.17, 15) is 0 Å². The van der Waals surface area contributed by atoms with Gasteiger partial charge in [-0.3, -0.25) is 0 Å². The van der Waals surface area contributed by atoms with Crippen LogP contribution in [0.1, 0.15) is 38.5 Å². The van der Waals surface area contributed by atoms with E-state index in [0.29, 0.717) is 11.1 Å². The second kappa shape index (κ2) is 5.22. The number of halogens is 2. The lowest BCUT2D eigenvalue weighted by Gasteiger charge is -2.30. The van der Waals surface area contributed by atoms with Gasteiger partial charge in [0.2, 0.25) is 5.28 Å². The van der Waals surface area contributed by atoms with Crippen molar-refractivity contribution in [3.63, 3.8) is 0 Å². The van der Waals surface area contributed by atoms with E-state index < -0.39 is 0 Å². The first kappa shape index (κ1) is 12.5. The molecule has 1 aliphatic heterocycles. The highest BCUT2D eigenvalue weighted by atomic mass is 35.5. The Morgan fingerprint density at radius 1 is 1.11 bits per heavy atom. The molecule has 0 radical (unpaired) electrons. The molecule has 98 valence electrons. The molecule has 1 atom stereocenters. The van der Waals surface area contributed by atoms with E-state index in [2.05, 4.69) is 14.9 Å². The van der Waals surface area contributed by atoms with Gasteiger partial charge in [0.15, 0.2) is 5.82 Å². The number of aromatic nitrogens is 2. The largest absolute Gasteiger partial charge is 0.352 e. The van der Waals surface area contributed by atoms with Crippen LogP contribution in [0.15, 0.2) is 6.20 Å². The predicted molar refractivity (Wildman–Crippen MR) is 74.4 cm³/mol. The number of hydrogen-bond donors (Lipinski definition) is 0. The lowest BCUT2D eigenvalue weighted by Crippen LogP contribution is -2.35. The van der Waals surface area contributed by atoms with Crippen molar-refractivity contribution in [2.45, 2.75) is 44.6 Å². The van der Waals surface area contributed by atoms with Crippen molar-refractivity contribution in [1.82, 2.24) is 9.97 Å². The average molecular weight is 286 g/mol. The zero-order chi connectivity index (χ0) is 12.5. The average Bonchev–Trinajstić information content (AvgIpc) is 3.00. The van der Waals surface area contributed by atoms with E-state index in [0.717, 1.165) is 18.3 Å². The van der Waals surface area contributed by atoms with E-state index >= 15 is 0 Å². The fraction of sp³-hybridized carbons (Fsp3) is 0.692. The maximum atomic E-state index is 6.22. The van der Waals surface area contributed by atoms with Crippen LogP contribution in [0.5, 0.6) is 0 Å². The van der Waals surface area contributed by atoms with Crippen LogP contribution in [0, 0.1) is 5.92 Å². The molecule has 1 aliphatic carbocycles. The summed E-state index contributed by atoms with van der Waals surface area (Å²) in [7, 11) is 0. The van der Waals surface area contributed by atoms with Crippen LogP contribution in [0.4, 0.5) is 5.82 Å². The van der Waals surface area contributed by atoms with Crippen LogP contribution in [-0.2, 0) is 0 Å². The van der Waals surface area contributed by atoms with Crippen molar-refractivity contribution in [1.29, 1.82) is 0 Å². The van der Waals surface area contributed by atoms with E-state index in [1.54, 1.807) is 6.20 Å². The molecule has 18 heavy (non-hydrogen) atoms. The highest BCUT2D eigenvalue weighted by Gasteiger charge is 2.34. The Morgan fingerprint density at radius 2 is 1.89 bits per heavy atom. The van der Waals surface area contributed by atoms with Crippen LogP contribution >= 0.6 is 23.2 Å². The summed E-state index contributed by atoms with van der Waals surface area (Å²) in [5.74, 6) is 1.63. The molecule has 3 nitrogen and oxygen atoms in total.